The summed E-state index contributed by atoms with van der Waals surface area (Å²) in [6.45, 7) is 1.88. The average Bonchev–Trinajstić information content (AvgIpc) is 2.32. The Morgan fingerprint density at radius 3 is 2.61 bits per heavy atom. The van der Waals surface area contributed by atoms with Crippen LogP contribution in [0.25, 0.3) is 0 Å². The van der Waals surface area contributed by atoms with Crippen molar-refractivity contribution in [1.29, 1.82) is 0 Å². The number of anilines is 1. The highest BCUT2D eigenvalue weighted by atomic mass is 79.9. The van der Waals surface area contributed by atoms with Crippen molar-refractivity contribution in [1.82, 2.24) is 9.97 Å². The monoisotopic (exact) mass is 369 g/mol. The number of carbonyl (C=O) groups excluding carboxylic acids is 1. The van der Waals surface area contributed by atoms with Crippen LogP contribution in [0.4, 0.5) is 5.82 Å². The molecule has 0 radical (unpaired) electrons. The molecule has 0 saturated carbocycles. The van der Waals surface area contributed by atoms with Gasteiger partial charge in [-0.3, -0.25) is 4.79 Å². The fraction of sp³-hybridized carbons (Fsp3) is 0.0833. The number of amides is 1. The molecule has 6 heteroatoms. The molecule has 0 saturated heterocycles. The highest BCUT2D eigenvalue weighted by Gasteiger charge is 2.10. The van der Waals surface area contributed by atoms with Crippen LogP contribution in [0.2, 0.25) is 0 Å². The molecule has 1 aromatic heterocycles. The van der Waals surface area contributed by atoms with Gasteiger partial charge < -0.3 is 5.32 Å². The molecule has 92 valence electrons. The molecule has 0 aliphatic heterocycles. The molecule has 0 fully saturated rings. The van der Waals surface area contributed by atoms with Gasteiger partial charge in [-0.15, -0.1) is 0 Å². The van der Waals surface area contributed by atoms with Crippen LogP contribution >= 0.6 is 31.9 Å². The number of rotatable bonds is 2. The Bertz CT molecular complexity index is 584. The highest BCUT2D eigenvalue weighted by Crippen LogP contribution is 2.17. The maximum Gasteiger partial charge on any atom is 0.257 e. The van der Waals surface area contributed by atoms with E-state index in [2.05, 4.69) is 47.1 Å². The predicted octanol–water partition coefficient (Wildman–Crippen LogP) is 3.56. The highest BCUT2D eigenvalue weighted by molar-refractivity contribution is 9.10. The van der Waals surface area contributed by atoms with Crippen LogP contribution in [0.1, 0.15) is 15.9 Å². The number of hydrogen-bond donors (Lipinski definition) is 1. The molecule has 18 heavy (non-hydrogen) atoms. The van der Waals surface area contributed by atoms with Crippen LogP contribution in [0.3, 0.4) is 0 Å². The molecule has 0 aliphatic carbocycles. The van der Waals surface area contributed by atoms with Crippen molar-refractivity contribution in [2.75, 3.05) is 5.32 Å². The summed E-state index contributed by atoms with van der Waals surface area (Å²) in [6, 6.07) is 5.48. The second-order valence-electron chi connectivity index (χ2n) is 3.64. The van der Waals surface area contributed by atoms with Crippen LogP contribution in [0.15, 0.2) is 39.7 Å². The van der Waals surface area contributed by atoms with E-state index in [4.69, 9.17) is 0 Å². The van der Waals surface area contributed by atoms with E-state index in [1.807, 2.05) is 19.1 Å². The van der Waals surface area contributed by atoms with E-state index in [9.17, 15) is 4.79 Å². The smallest absolute Gasteiger partial charge is 0.257 e. The van der Waals surface area contributed by atoms with Crippen molar-refractivity contribution in [2.24, 2.45) is 0 Å². The van der Waals surface area contributed by atoms with Gasteiger partial charge in [-0.25, -0.2) is 9.97 Å². The van der Waals surface area contributed by atoms with E-state index in [1.54, 1.807) is 6.07 Å². The van der Waals surface area contributed by atoms with Crippen LogP contribution in [0.5, 0.6) is 0 Å². The van der Waals surface area contributed by atoms with Crippen LogP contribution < -0.4 is 5.32 Å². The Morgan fingerprint density at radius 1 is 1.22 bits per heavy atom. The van der Waals surface area contributed by atoms with Crippen molar-refractivity contribution in [3.05, 3.63) is 50.8 Å². The Kier molecular flexibility index (Phi) is 4.08. The minimum atomic E-state index is -0.198. The van der Waals surface area contributed by atoms with Gasteiger partial charge in [0.15, 0.2) is 5.82 Å². The first kappa shape index (κ1) is 13.2. The number of aromatic nitrogens is 2. The lowest BCUT2D eigenvalue weighted by molar-refractivity contribution is 0.102. The number of hydrogen-bond acceptors (Lipinski definition) is 3. The van der Waals surface area contributed by atoms with Crippen molar-refractivity contribution in [3.8, 4) is 0 Å². The molecule has 2 rings (SSSR count). The third kappa shape index (κ3) is 3.14. The van der Waals surface area contributed by atoms with Crippen LogP contribution in [-0.2, 0) is 0 Å². The first-order chi connectivity index (χ1) is 8.56. The zero-order valence-corrected chi connectivity index (χ0v) is 12.6. The Hall–Kier alpha value is -1.27. The van der Waals surface area contributed by atoms with E-state index in [0.29, 0.717) is 16.0 Å². The molecule has 2 aromatic rings. The summed E-state index contributed by atoms with van der Waals surface area (Å²) in [5.41, 5.74) is 1.51. The lowest BCUT2D eigenvalue weighted by Crippen LogP contribution is -2.14. The Morgan fingerprint density at radius 2 is 2.00 bits per heavy atom. The van der Waals surface area contributed by atoms with Crippen LogP contribution in [-0.4, -0.2) is 15.9 Å². The topological polar surface area (TPSA) is 54.9 Å². The van der Waals surface area contributed by atoms with Gasteiger partial charge in [0.05, 0.1) is 12.4 Å². The molecule has 4 nitrogen and oxygen atoms in total. The molecule has 0 atom stereocenters. The first-order valence-electron chi connectivity index (χ1n) is 5.11. The fourth-order valence-electron chi connectivity index (χ4n) is 1.44. The number of aryl methyl sites for hydroxylation is 1. The maximum atomic E-state index is 12.0. The predicted molar refractivity (Wildman–Crippen MR) is 76.6 cm³/mol. The normalized spacial score (nSPS) is 10.2. The van der Waals surface area contributed by atoms with Gasteiger partial charge in [-0.2, -0.15) is 0 Å². The summed E-state index contributed by atoms with van der Waals surface area (Å²) in [6.07, 6.45) is 3.03. The lowest BCUT2D eigenvalue weighted by atomic mass is 10.1. The zero-order chi connectivity index (χ0) is 13.1. The molecule has 0 spiro atoms. The van der Waals surface area contributed by atoms with E-state index >= 15 is 0 Å². The van der Waals surface area contributed by atoms with Crippen LogP contribution in [0, 0.1) is 6.92 Å². The van der Waals surface area contributed by atoms with Gasteiger partial charge in [0.25, 0.3) is 5.91 Å². The van der Waals surface area contributed by atoms with Crippen molar-refractivity contribution in [2.45, 2.75) is 6.92 Å². The van der Waals surface area contributed by atoms with Crippen molar-refractivity contribution < 1.29 is 4.79 Å². The first-order valence-corrected chi connectivity index (χ1v) is 6.70. The third-order valence-electron chi connectivity index (χ3n) is 2.30. The Balaban J connectivity index is 2.19. The SMILES string of the molecule is Cc1cc(Br)ccc1C(=O)Nc1cnc(Br)cn1. The molecule has 1 aromatic carbocycles. The minimum absolute atomic E-state index is 0.198. The third-order valence-corrected chi connectivity index (χ3v) is 3.20. The van der Waals surface area contributed by atoms with E-state index in [0.717, 1.165) is 10.0 Å². The largest absolute Gasteiger partial charge is 0.305 e. The van der Waals surface area contributed by atoms with E-state index in [-0.39, 0.29) is 5.91 Å². The molecule has 1 heterocycles. The molecular formula is C12H9Br2N3O. The maximum absolute atomic E-state index is 12.0. The number of carbonyl (C=O) groups is 1. The lowest BCUT2D eigenvalue weighted by Gasteiger charge is -2.07. The summed E-state index contributed by atoms with van der Waals surface area (Å²) < 4.78 is 1.57. The molecule has 0 bridgehead atoms. The van der Waals surface area contributed by atoms with Gasteiger partial charge in [0.1, 0.15) is 4.60 Å². The minimum Gasteiger partial charge on any atom is -0.305 e. The molecule has 0 unspecified atom stereocenters. The summed E-state index contributed by atoms with van der Waals surface area (Å²) in [5, 5.41) is 2.70. The van der Waals surface area contributed by atoms with Gasteiger partial charge >= 0.3 is 0 Å². The van der Waals surface area contributed by atoms with Gasteiger partial charge in [0, 0.05) is 10.0 Å². The van der Waals surface area contributed by atoms with Gasteiger partial charge in [-0.05, 0) is 46.6 Å². The standard InChI is InChI=1S/C12H9Br2N3O/c1-7-4-8(13)2-3-9(7)12(18)17-11-6-15-10(14)5-16-11/h2-6H,1H3,(H,16,17,18). The molecule has 1 N–H and O–H groups in total. The molecule has 1 amide bonds. The second-order valence-corrected chi connectivity index (χ2v) is 5.37. The Labute approximate surface area is 121 Å². The average molecular weight is 371 g/mol. The quantitative estimate of drug-likeness (QED) is 0.879. The van der Waals surface area contributed by atoms with E-state index in [1.165, 1.54) is 12.4 Å². The summed E-state index contributed by atoms with van der Waals surface area (Å²) in [4.78, 5) is 20.1. The number of nitrogens with one attached hydrogen (secondary N) is 1. The summed E-state index contributed by atoms with van der Waals surface area (Å²) in [7, 11) is 0. The van der Waals surface area contributed by atoms with Crippen molar-refractivity contribution >= 4 is 43.6 Å². The summed E-state index contributed by atoms with van der Waals surface area (Å²) >= 11 is 6.55. The summed E-state index contributed by atoms with van der Waals surface area (Å²) in [5.74, 6) is 0.224. The zero-order valence-electron chi connectivity index (χ0n) is 9.45. The molecular weight excluding hydrogens is 362 g/mol. The second kappa shape index (κ2) is 5.58. The number of benzene rings is 1. The number of nitrogens with zero attached hydrogens (tertiary/aromatic N) is 2. The van der Waals surface area contributed by atoms with Crippen molar-refractivity contribution in [3.63, 3.8) is 0 Å². The van der Waals surface area contributed by atoms with Gasteiger partial charge in [-0.1, -0.05) is 15.9 Å². The molecule has 0 aliphatic rings. The fourth-order valence-corrected chi connectivity index (χ4v) is 2.12. The van der Waals surface area contributed by atoms with Gasteiger partial charge in [0.2, 0.25) is 0 Å². The van der Waals surface area contributed by atoms with E-state index < -0.39 is 0 Å². The number of halogens is 2.